The summed E-state index contributed by atoms with van der Waals surface area (Å²) in [6.07, 6.45) is 3.11. The minimum absolute atomic E-state index is 0.114. The van der Waals surface area contributed by atoms with Gasteiger partial charge < -0.3 is 5.32 Å². The third-order valence-corrected chi connectivity index (χ3v) is 4.75. The molecule has 1 aromatic carbocycles. The van der Waals surface area contributed by atoms with Crippen molar-refractivity contribution in [3.8, 4) is 5.69 Å². The van der Waals surface area contributed by atoms with Crippen LogP contribution in [0.2, 0.25) is 9.36 Å². The van der Waals surface area contributed by atoms with Gasteiger partial charge in [0.1, 0.15) is 18.3 Å². The van der Waals surface area contributed by atoms with Crippen LogP contribution in [-0.4, -0.2) is 14.8 Å². The maximum Gasteiger partial charge on any atom is 0.138 e. The summed E-state index contributed by atoms with van der Waals surface area (Å²) >= 11 is 13.9. The van der Waals surface area contributed by atoms with Crippen LogP contribution >= 0.6 is 34.5 Å². The van der Waals surface area contributed by atoms with Gasteiger partial charge in [-0.05, 0) is 31.2 Å². The molecule has 0 amide bonds. The molecule has 3 aromatic rings. The summed E-state index contributed by atoms with van der Waals surface area (Å²) in [4.78, 5) is 5.13. The van der Waals surface area contributed by atoms with Crippen molar-refractivity contribution in [2.45, 2.75) is 13.0 Å². The first-order valence-electron chi connectivity index (χ1n) is 6.30. The molecule has 0 bridgehead atoms. The van der Waals surface area contributed by atoms with Crippen molar-refractivity contribution in [2.75, 3.05) is 5.32 Å². The largest absolute Gasteiger partial charge is 0.376 e. The lowest BCUT2D eigenvalue weighted by atomic mass is 10.2. The summed E-state index contributed by atoms with van der Waals surface area (Å²) in [7, 11) is 0. The second-order valence-corrected chi connectivity index (χ2v) is 6.64. The maximum absolute atomic E-state index is 6.31. The highest BCUT2D eigenvalue weighted by Crippen LogP contribution is 2.33. The average Bonchev–Trinajstić information content (AvgIpc) is 3.10. The number of hydrogen-bond acceptors (Lipinski definition) is 4. The molecule has 0 saturated carbocycles. The van der Waals surface area contributed by atoms with E-state index in [1.54, 1.807) is 22.3 Å². The third-order valence-electron chi connectivity index (χ3n) is 3.03. The Morgan fingerprint density at radius 2 is 2.10 bits per heavy atom. The van der Waals surface area contributed by atoms with E-state index in [0.29, 0.717) is 5.02 Å². The lowest BCUT2D eigenvalue weighted by molar-refractivity contribution is 0.861. The molecule has 0 aliphatic carbocycles. The minimum atomic E-state index is 0.114. The quantitative estimate of drug-likeness (QED) is 0.742. The number of para-hydroxylation sites is 1. The summed E-state index contributed by atoms with van der Waals surface area (Å²) in [6.45, 7) is 2.08. The van der Waals surface area contributed by atoms with Crippen molar-refractivity contribution < 1.29 is 0 Å². The van der Waals surface area contributed by atoms with E-state index in [-0.39, 0.29) is 6.04 Å². The van der Waals surface area contributed by atoms with Crippen LogP contribution in [0.1, 0.15) is 17.8 Å². The van der Waals surface area contributed by atoms with Gasteiger partial charge in [-0.3, -0.25) is 0 Å². The lowest BCUT2D eigenvalue weighted by Gasteiger charge is -2.17. The SMILES string of the molecule is CC(Nc1cccc(Cl)c1-n1cncn1)c1ccc(Cl)s1. The lowest BCUT2D eigenvalue weighted by Crippen LogP contribution is -2.09. The Morgan fingerprint density at radius 3 is 2.76 bits per heavy atom. The zero-order chi connectivity index (χ0) is 14.8. The van der Waals surface area contributed by atoms with E-state index >= 15 is 0 Å². The van der Waals surface area contributed by atoms with Crippen LogP contribution < -0.4 is 5.32 Å². The van der Waals surface area contributed by atoms with Gasteiger partial charge in [0.25, 0.3) is 0 Å². The van der Waals surface area contributed by atoms with Gasteiger partial charge in [-0.1, -0.05) is 29.3 Å². The highest BCUT2D eigenvalue weighted by atomic mass is 35.5. The van der Waals surface area contributed by atoms with E-state index < -0.39 is 0 Å². The normalized spacial score (nSPS) is 12.3. The number of aromatic nitrogens is 3. The Balaban J connectivity index is 1.94. The van der Waals surface area contributed by atoms with E-state index in [1.165, 1.54) is 6.33 Å². The average molecular weight is 339 g/mol. The molecule has 2 aromatic heterocycles. The van der Waals surface area contributed by atoms with Gasteiger partial charge in [0, 0.05) is 4.88 Å². The summed E-state index contributed by atoms with van der Waals surface area (Å²) in [5, 5.41) is 8.22. The smallest absolute Gasteiger partial charge is 0.138 e. The molecule has 7 heteroatoms. The number of thiophene rings is 1. The number of rotatable bonds is 4. The predicted molar refractivity (Wildman–Crippen MR) is 87.7 cm³/mol. The van der Waals surface area contributed by atoms with Crippen LogP contribution in [-0.2, 0) is 0 Å². The van der Waals surface area contributed by atoms with Gasteiger partial charge in [-0.25, -0.2) is 9.67 Å². The number of benzene rings is 1. The molecule has 0 aliphatic heterocycles. The van der Waals surface area contributed by atoms with E-state index in [1.807, 2.05) is 30.3 Å². The molecule has 0 radical (unpaired) electrons. The highest BCUT2D eigenvalue weighted by molar-refractivity contribution is 7.16. The van der Waals surface area contributed by atoms with E-state index in [4.69, 9.17) is 23.2 Å². The van der Waals surface area contributed by atoms with E-state index in [9.17, 15) is 0 Å². The molecule has 3 rings (SSSR count). The Kier molecular flexibility index (Phi) is 4.14. The van der Waals surface area contributed by atoms with Crippen LogP contribution in [0.15, 0.2) is 43.0 Å². The molecule has 1 N–H and O–H groups in total. The molecule has 1 unspecified atom stereocenters. The van der Waals surface area contributed by atoms with Crippen molar-refractivity contribution in [3.63, 3.8) is 0 Å². The number of nitrogens with zero attached hydrogens (tertiary/aromatic N) is 3. The van der Waals surface area contributed by atoms with Gasteiger partial charge in [0.05, 0.1) is 21.1 Å². The molecule has 4 nitrogen and oxygen atoms in total. The Bertz CT molecular complexity index is 739. The van der Waals surface area contributed by atoms with Gasteiger partial charge in [0.2, 0.25) is 0 Å². The Labute approximate surface area is 136 Å². The van der Waals surface area contributed by atoms with Gasteiger partial charge in [-0.2, -0.15) is 5.10 Å². The molecule has 0 spiro atoms. The van der Waals surface area contributed by atoms with E-state index in [0.717, 1.165) is 20.6 Å². The maximum atomic E-state index is 6.31. The van der Waals surface area contributed by atoms with Crippen LogP contribution in [0.3, 0.4) is 0 Å². The second-order valence-electron chi connectivity index (χ2n) is 4.48. The summed E-state index contributed by atoms with van der Waals surface area (Å²) in [5.74, 6) is 0. The Morgan fingerprint density at radius 1 is 1.24 bits per heavy atom. The number of halogens is 2. The first kappa shape index (κ1) is 14.4. The fourth-order valence-electron chi connectivity index (χ4n) is 2.05. The van der Waals surface area contributed by atoms with Gasteiger partial charge in [0.15, 0.2) is 0 Å². The highest BCUT2D eigenvalue weighted by Gasteiger charge is 2.14. The fraction of sp³-hybridized carbons (Fsp3) is 0.143. The molecule has 0 fully saturated rings. The topological polar surface area (TPSA) is 42.7 Å². The number of hydrogen-bond donors (Lipinski definition) is 1. The summed E-state index contributed by atoms with van der Waals surface area (Å²) in [6, 6.07) is 9.73. The zero-order valence-electron chi connectivity index (χ0n) is 11.1. The van der Waals surface area contributed by atoms with Crippen molar-refractivity contribution >= 4 is 40.2 Å². The predicted octanol–water partition coefficient (Wildman–Crippen LogP) is 4.81. The molecular formula is C14H12Cl2N4S. The van der Waals surface area contributed by atoms with E-state index in [2.05, 4.69) is 22.3 Å². The zero-order valence-corrected chi connectivity index (χ0v) is 13.5. The number of anilines is 1. The third kappa shape index (κ3) is 3.05. The first-order chi connectivity index (χ1) is 10.1. The van der Waals surface area contributed by atoms with Crippen molar-refractivity contribution in [3.05, 3.63) is 57.2 Å². The van der Waals surface area contributed by atoms with Gasteiger partial charge >= 0.3 is 0 Å². The molecule has 108 valence electrons. The summed E-state index contributed by atoms with van der Waals surface area (Å²) < 4.78 is 2.43. The molecular weight excluding hydrogens is 327 g/mol. The summed E-state index contributed by atoms with van der Waals surface area (Å²) in [5.41, 5.74) is 1.68. The van der Waals surface area contributed by atoms with Crippen molar-refractivity contribution in [1.29, 1.82) is 0 Å². The van der Waals surface area contributed by atoms with Crippen LogP contribution in [0.4, 0.5) is 5.69 Å². The second kappa shape index (κ2) is 6.05. The van der Waals surface area contributed by atoms with Crippen LogP contribution in [0.5, 0.6) is 0 Å². The monoisotopic (exact) mass is 338 g/mol. The first-order valence-corrected chi connectivity index (χ1v) is 7.87. The Hall–Kier alpha value is -1.56. The molecule has 1 atom stereocenters. The minimum Gasteiger partial charge on any atom is -0.376 e. The number of nitrogens with one attached hydrogen (secondary N) is 1. The standard InChI is InChI=1S/C14H12Cl2N4S/c1-9(12-5-6-13(16)21-12)19-11-4-2-3-10(15)14(11)20-8-17-7-18-20/h2-9,19H,1H3. The van der Waals surface area contributed by atoms with Crippen LogP contribution in [0, 0.1) is 0 Å². The van der Waals surface area contributed by atoms with Crippen molar-refractivity contribution in [1.82, 2.24) is 14.8 Å². The molecule has 2 heterocycles. The van der Waals surface area contributed by atoms with Gasteiger partial charge in [-0.15, -0.1) is 11.3 Å². The fourth-order valence-corrected chi connectivity index (χ4v) is 3.38. The molecule has 21 heavy (non-hydrogen) atoms. The van der Waals surface area contributed by atoms with Crippen LogP contribution in [0.25, 0.3) is 5.69 Å². The van der Waals surface area contributed by atoms with Crippen molar-refractivity contribution in [2.24, 2.45) is 0 Å². The molecule has 0 saturated heterocycles. The molecule has 0 aliphatic rings.